The SMILES string of the molecule is Cc1ccc2c(NS(=O)(=O)Cc3ccc(C#N)cc3)c(F)ccc2c1Oc1ncccc1-c1ccnc(N[C@H]2CCCNC2)n1. The van der Waals surface area contributed by atoms with E-state index in [1.807, 2.05) is 19.1 Å². The van der Waals surface area contributed by atoms with Crippen LogP contribution in [0.1, 0.15) is 29.5 Å². The Hall–Kier alpha value is -5.12. The van der Waals surface area contributed by atoms with E-state index < -0.39 is 21.6 Å². The number of sulfonamides is 1. The van der Waals surface area contributed by atoms with Crippen LogP contribution in [-0.4, -0.2) is 42.5 Å². The van der Waals surface area contributed by atoms with Crippen molar-refractivity contribution in [2.45, 2.75) is 31.6 Å². The molecule has 1 atom stereocenters. The molecule has 1 aliphatic rings. The maximum absolute atomic E-state index is 15.2. The summed E-state index contributed by atoms with van der Waals surface area (Å²) in [7, 11) is -4.01. The summed E-state index contributed by atoms with van der Waals surface area (Å²) in [6, 6.07) is 20.0. The Morgan fingerprint density at radius 3 is 2.64 bits per heavy atom. The number of hydrogen-bond acceptors (Lipinski definition) is 9. The standard InChI is InChI=1S/C33H30FN7O3S/c1-21-6-11-25-26(12-13-28(34)30(25)41-45(42,43)20-23-9-7-22(18-35)8-10-23)31(21)44-32-27(5-3-16-37-32)29-14-17-38-33(40-29)39-24-4-2-15-36-19-24/h3,5-14,16-17,24,36,41H,2,4,15,19-20H2,1H3,(H,38,39,40)/t24-/m0/s1. The van der Waals surface area contributed by atoms with Gasteiger partial charge in [0.15, 0.2) is 0 Å². The van der Waals surface area contributed by atoms with E-state index in [4.69, 9.17) is 15.0 Å². The van der Waals surface area contributed by atoms with Gasteiger partial charge in [0.05, 0.1) is 34.3 Å². The molecule has 0 aliphatic carbocycles. The zero-order chi connectivity index (χ0) is 31.4. The van der Waals surface area contributed by atoms with E-state index in [-0.39, 0.29) is 17.6 Å². The fraction of sp³-hybridized carbons (Fsp3) is 0.212. The van der Waals surface area contributed by atoms with Crippen LogP contribution in [0, 0.1) is 24.1 Å². The van der Waals surface area contributed by atoms with Crippen LogP contribution in [0.4, 0.5) is 16.0 Å². The molecule has 5 aromatic rings. The number of nitriles is 1. The summed E-state index contributed by atoms with van der Waals surface area (Å²) in [6.45, 7) is 3.69. The Bertz CT molecular complexity index is 2010. The highest BCUT2D eigenvalue weighted by molar-refractivity contribution is 7.91. The van der Waals surface area contributed by atoms with E-state index in [1.54, 1.807) is 54.9 Å². The molecule has 0 radical (unpaired) electrons. The van der Waals surface area contributed by atoms with Crippen molar-refractivity contribution in [3.63, 3.8) is 0 Å². The summed E-state index contributed by atoms with van der Waals surface area (Å²) in [5.41, 5.74) is 2.68. The molecule has 1 aliphatic heterocycles. The average Bonchev–Trinajstić information content (AvgIpc) is 3.04. The number of nitrogens with zero attached hydrogens (tertiary/aromatic N) is 4. The van der Waals surface area contributed by atoms with Crippen LogP contribution < -0.4 is 20.1 Å². The van der Waals surface area contributed by atoms with Gasteiger partial charge in [-0.15, -0.1) is 0 Å². The Balaban J connectivity index is 1.31. The Kier molecular flexibility index (Phi) is 8.55. The zero-order valence-electron chi connectivity index (χ0n) is 24.4. The van der Waals surface area contributed by atoms with E-state index in [2.05, 4.69) is 25.3 Å². The van der Waals surface area contributed by atoms with Crippen molar-refractivity contribution in [1.29, 1.82) is 5.26 Å². The second kappa shape index (κ2) is 12.9. The predicted molar refractivity (Wildman–Crippen MR) is 171 cm³/mol. The second-order valence-electron chi connectivity index (χ2n) is 10.8. The third kappa shape index (κ3) is 6.85. The number of aryl methyl sites for hydroxylation is 1. The van der Waals surface area contributed by atoms with E-state index in [9.17, 15) is 8.42 Å². The number of fused-ring (bicyclic) bond motifs is 1. The van der Waals surface area contributed by atoms with Crippen LogP contribution in [0.5, 0.6) is 11.6 Å². The largest absolute Gasteiger partial charge is 0.437 e. The van der Waals surface area contributed by atoms with Gasteiger partial charge in [0, 0.05) is 35.8 Å². The van der Waals surface area contributed by atoms with Gasteiger partial charge in [-0.1, -0.05) is 24.3 Å². The van der Waals surface area contributed by atoms with Gasteiger partial charge < -0.3 is 15.4 Å². The molecule has 45 heavy (non-hydrogen) atoms. The number of nitrogens with one attached hydrogen (secondary N) is 3. The topological polar surface area (TPSA) is 142 Å². The number of benzene rings is 3. The summed E-state index contributed by atoms with van der Waals surface area (Å²) in [5, 5.41) is 16.6. The van der Waals surface area contributed by atoms with Crippen LogP contribution in [0.15, 0.2) is 79.1 Å². The normalized spacial score (nSPS) is 14.9. The van der Waals surface area contributed by atoms with Crippen LogP contribution >= 0.6 is 0 Å². The van der Waals surface area contributed by atoms with Crippen molar-refractivity contribution in [3.05, 3.63) is 102 Å². The monoisotopic (exact) mass is 623 g/mol. The lowest BCUT2D eigenvalue weighted by atomic mass is 10.0. The molecule has 0 unspecified atom stereocenters. The smallest absolute Gasteiger partial charge is 0.237 e. The number of ether oxygens (including phenoxy) is 1. The van der Waals surface area contributed by atoms with Gasteiger partial charge >= 0.3 is 0 Å². The van der Waals surface area contributed by atoms with Gasteiger partial charge in [0.1, 0.15) is 11.6 Å². The summed E-state index contributed by atoms with van der Waals surface area (Å²) in [6.07, 6.45) is 5.39. The summed E-state index contributed by atoms with van der Waals surface area (Å²) >= 11 is 0. The molecular formula is C33H30FN7O3S. The Morgan fingerprint density at radius 1 is 1.04 bits per heavy atom. The van der Waals surface area contributed by atoms with Crippen LogP contribution in [0.3, 0.4) is 0 Å². The molecule has 0 spiro atoms. The van der Waals surface area contributed by atoms with Crippen LogP contribution in [0.25, 0.3) is 22.0 Å². The molecule has 10 nitrogen and oxygen atoms in total. The van der Waals surface area contributed by atoms with Gasteiger partial charge in [-0.2, -0.15) is 5.26 Å². The van der Waals surface area contributed by atoms with Gasteiger partial charge in [0.25, 0.3) is 0 Å². The number of hydrogen-bond donors (Lipinski definition) is 3. The van der Waals surface area contributed by atoms with E-state index in [1.165, 1.54) is 18.2 Å². The van der Waals surface area contributed by atoms with E-state index >= 15 is 4.39 Å². The van der Waals surface area contributed by atoms with Crippen molar-refractivity contribution < 1.29 is 17.5 Å². The molecular weight excluding hydrogens is 593 g/mol. The quantitative estimate of drug-likeness (QED) is 0.183. The molecule has 3 heterocycles. The highest BCUT2D eigenvalue weighted by Crippen LogP contribution is 2.39. The Labute approximate surface area is 260 Å². The molecule has 3 aromatic carbocycles. The van der Waals surface area contributed by atoms with Crippen molar-refractivity contribution >= 4 is 32.4 Å². The average molecular weight is 624 g/mol. The molecule has 12 heteroatoms. The first-order chi connectivity index (χ1) is 21.8. The number of piperidine rings is 1. The zero-order valence-corrected chi connectivity index (χ0v) is 25.2. The van der Waals surface area contributed by atoms with Gasteiger partial charge in [0.2, 0.25) is 21.9 Å². The minimum absolute atomic E-state index is 0.184. The third-order valence-corrected chi connectivity index (χ3v) is 8.75. The highest BCUT2D eigenvalue weighted by atomic mass is 32.2. The van der Waals surface area contributed by atoms with E-state index in [0.29, 0.717) is 44.9 Å². The summed E-state index contributed by atoms with van der Waals surface area (Å²) < 4.78 is 50.3. The first kappa shape index (κ1) is 29.9. The first-order valence-electron chi connectivity index (χ1n) is 14.4. The molecule has 0 saturated carbocycles. The lowest BCUT2D eigenvalue weighted by molar-refractivity contribution is 0.466. The molecule has 1 fully saturated rings. The van der Waals surface area contributed by atoms with E-state index in [0.717, 1.165) is 31.5 Å². The number of halogens is 1. The molecule has 1 saturated heterocycles. The Morgan fingerprint density at radius 2 is 1.87 bits per heavy atom. The highest BCUT2D eigenvalue weighted by Gasteiger charge is 2.21. The summed E-state index contributed by atoms with van der Waals surface area (Å²) in [4.78, 5) is 13.6. The van der Waals surface area contributed by atoms with Gasteiger partial charge in [-0.05, 0) is 79.9 Å². The maximum atomic E-state index is 15.2. The molecule has 3 N–H and O–H groups in total. The fourth-order valence-corrected chi connectivity index (χ4v) is 6.51. The molecule has 228 valence electrons. The van der Waals surface area contributed by atoms with Crippen LogP contribution in [-0.2, 0) is 15.8 Å². The number of anilines is 2. The minimum atomic E-state index is -4.01. The fourth-order valence-electron chi connectivity index (χ4n) is 5.29. The lowest BCUT2D eigenvalue weighted by Gasteiger charge is -2.23. The van der Waals surface area contributed by atoms with Gasteiger partial charge in [-0.25, -0.2) is 27.8 Å². The van der Waals surface area contributed by atoms with Crippen molar-refractivity contribution in [3.8, 4) is 29.0 Å². The molecule has 6 rings (SSSR count). The van der Waals surface area contributed by atoms with Crippen LogP contribution in [0.2, 0.25) is 0 Å². The van der Waals surface area contributed by atoms with Crippen molar-refractivity contribution in [1.82, 2.24) is 20.3 Å². The first-order valence-corrected chi connectivity index (χ1v) is 16.1. The number of rotatable bonds is 9. The van der Waals surface area contributed by atoms with Crippen molar-refractivity contribution in [2.24, 2.45) is 0 Å². The predicted octanol–water partition coefficient (Wildman–Crippen LogP) is 5.91. The second-order valence-corrected chi connectivity index (χ2v) is 12.5. The summed E-state index contributed by atoms with van der Waals surface area (Å²) in [5.74, 6) is 0.0675. The van der Waals surface area contributed by atoms with Gasteiger partial charge in [-0.3, -0.25) is 4.72 Å². The molecule has 0 amide bonds. The minimum Gasteiger partial charge on any atom is -0.437 e. The number of pyridine rings is 1. The number of aromatic nitrogens is 3. The molecule has 0 bridgehead atoms. The third-order valence-electron chi connectivity index (χ3n) is 7.53. The maximum Gasteiger partial charge on any atom is 0.237 e. The lowest BCUT2D eigenvalue weighted by Crippen LogP contribution is -2.38. The molecule has 2 aromatic heterocycles. The van der Waals surface area contributed by atoms with Crippen molar-refractivity contribution in [2.75, 3.05) is 23.1 Å².